The van der Waals surface area contributed by atoms with Crippen LogP contribution in [0.4, 0.5) is 4.39 Å². The molecule has 1 aromatic heterocycles. The van der Waals surface area contributed by atoms with E-state index in [0.29, 0.717) is 23.3 Å². The molecule has 0 atom stereocenters. The van der Waals surface area contributed by atoms with Crippen LogP contribution in [0, 0.1) is 12.7 Å². The van der Waals surface area contributed by atoms with Crippen LogP contribution in [-0.2, 0) is 0 Å². The lowest BCUT2D eigenvalue weighted by molar-refractivity contribution is 0.0156. The van der Waals surface area contributed by atoms with Gasteiger partial charge in [-0.05, 0) is 38.0 Å². The fourth-order valence-electron chi connectivity index (χ4n) is 3.36. The lowest BCUT2D eigenvalue weighted by Crippen LogP contribution is -2.42. The average Bonchev–Trinajstić information content (AvgIpc) is 2.92. The Labute approximate surface area is 134 Å². The number of aromatic nitrogens is 1. The largest absolute Gasteiger partial charge is 0.388 e. The van der Waals surface area contributed by atoms with Gasteiger partial charge in [-0.1, -0.05) is 12.8 Å². The van der Waals surface area contributed by atoms with E-state index in [1.165, 1.54) is 12.1 Å². The van der Waals surface area contributed by atoms with E-state index in [0.717, 1.165) is 31.1 Å². The van der Waals surface area contributed by atoms with E-state index in [1.54, 1.807) is 31.0 Å². The summed E-state index contributed by atoms with van der Waals surface area (Å²) >= 11 is 0. The first kappa shape index (κ1) is 15.9. The first-order valence-electron chi connectivity index (χ1n) is 7.93. The molecule has 23 heavy (non-hydrogen) atoms. The number of benzene rings is 1. The fraction of sp³-hybridized carbons (Fsp3) is 0.444. The van der Waals surface area contributed by atoms with Crippen molar-refractivity contribution < 1.29 is 14.3 Å². The molecule has 0 saturated heterocycles. The molecular weight excluding hydrogens is 295 g/mol. The third kappa shape index (κ3) is 3.20. The highest BCUT2D eigenvalue weighted by Gasteiger charge is 2.33. The van der Waals surface area contributed by atoms with Gasteiger partial charge in [-0.25, -0.2) is 4.39 Å². The molecular formula is C18H21FN2O2. The molecule has 0 spiro atoms. The molecule has 0 radical (unpaired) electrons. The topological polar surface area (TPSA) is 53.4 Å². The summed E-state index contributed by atoms with van der Waals surface area (Å²) < 4.78 is 13.3. The summed E-state index contributed by atoms with van der Waals surface area (Å²) in [6.07, 6.45) is 3.47. The molecule has 0 bridgehead atoms. The van der Waals surface area contributed by atoms with Crippen LogP contribution in [-0.4, -0.2) is 40.1 Å². The summed E-state index contributed by atoms with van der Waals surface area (Å²) in [5.41, 5.74) is 0.828. The second-order valence-electron chi connectivity index (χ2n) is 6.55. The summed E-state index contributed by atoms with van der Waals surface area (Å²) in [6, 6.07) is 6.09. The van der Waals surface area contributed by atoms with Crippen molar-refractivity contribution in [2.24, 2.45) is 0 Å². The molecule has 1 saturated carbocycles. The summed E-state index contributed by atoms with van der Waals surface area (Å²) in [5.74, 6) is -0.509. The summed E-state index contributed by atoms with van der Waals surface area (Å²) in [5, 5.41) is 11.2. The number of amides is 1. The molecule has 1 amide bonds. The zero-order valence-corrected chi connectivity index (χ0v) is 13.5. The van der Waals surface area contributed by atoms with E-state index in [4.69, 9.17) is 0 Å². The Bertz CT molecular complexity index is 754. The first-order valence-corrected chi connectivity index (χ1v) is 7.93. The molecule has 1 heterocycles. The van der Waals surface area contributed by atoms with E-state index in [1.807, 2.05) is 0 Å². The number of likely N-dealkylation sites (N-methyl/N-ethyl adjacent to an activating group) is 1. The van der Waals surface area contributed by atoms with Crippen molar-refractivity contribution in [2.75, 3.05) is 13.6 Å². The SMILES string of the molecule is Cc1nc2cc(F)ccc2cc1C(=O)N(C)CC1(O)CCCC1. The number of aryl methyl sites for hydroxylation is 1. The number of carbonyl (C=O) groups is 1. The molecule has 4 nitrogen and oxygen atoms in total. The first-order chi connectivity index (χ1) is 10.9. The van der Waals surface area contributed by atoms with E-state index in [-0.39, 0.29) is 11.7 Å². The van der Waals surface area contributed by atoms with Gasteiger partial charge in [-0.15, -0.1) is 0 Å². The molecule has 1 N–H and O–H groups in total. The molecule has 1 aliphatic carbocycles. The molecule has 2 aromatic rings. The van der Waals surface area contributed by atoms with Gasteiger partial charge in [0.15, 0.2) is 0 Å². The van der Waals surface area contributed by atoms with Gasteiger partial charge in [-0.2, -0.15) is 0 Å². The van der Waals surface area contributed by atoms with Crippen LogP contribution >= 0.6 is 0 Å². The lowest BCUT2D eigenvalue weighted by atomic mass is 10.0. The second kappa shape index (κ2) is 5.89. The number of carbonyl (C=O) groups excluding carboxylic acids is 1. The van der Waals surface area contributed by atoms with Gasteiger partial charge in [0.1, 0.15) is 5.82 Å². The van der Waals surface area contributed by atoms with Gasteiger partial charge in [0.25, 0.3) is 5.91 Å². The Morgan fingerprint density at radius 3 is 2.74 bits per heavy atom. The van der Waals surface area contributed by atoms with Gasteiger partial charge in [0, 0.05) is 25.0 Å². The van der Waals surface area contributed by atoms with E-state index in [9.17, 15) is 14.3 Å². The highest BCUT2D eigenvalue weighted by Crippen LogP contribution is 2.30. The predicted octanol–water partition coefficient (Wildman–Crippen LogP) is 3.06. The Kier molecular flexibility index (Phi) is 4.06. The quantitative estimate of drug-likeness (QED) is 0.947. The minimum Gasteiger partial charge on any atom is -0.388 e. The number of nitrogens with zero attached hydrogens (tertiary/aromatic N) is 2. The molecule has 0 aliphatic heterocycles. The third-order valence-electron chi connectivity index (χ3n) is 4.61. The van der Waals surface area contributed by atoms with Gasteiger partial charge in [0.05, 0.1) is 22.4 Å². The molecule has 122 valence electrons. The van der Waals surface area contributed by atoms with Crippen molar-refractivity contribution in [3.63, 3.8) is 0 Å². The summed E-state index contributed by atoms with van der Waals surface area (Å²) in [6.45, 7) is 2.07. The Morgan fingerprint density at radius 2 is 2.04 bits per heavy atom. The maximum atomic E-state index is 13.3. The fourth-order valence-corrected chi connectivity index (χ4v) is 3.36. The van der Waals surface area contributed by atoms with Gasteiger partial charge in [0.2, 0.25) is 0 Å². The average molecular weight is 316 g/mol. The molecule has 1 aliphatic rings. The maximum Gasteiger partial charge on any atom is 0.255 e. The Hall–Kier alpha value is -2.01. The Balaban J connectivity index is 1.87. The van der Waals surface area contributed by atoms with Crippen LogP contribution in [0.1, 0.15) is 41.7 Å². The van der Waals surface area contributed by atoms with Crippen LogP contribution in [0.25, 0.3) is 10.9 Å². The van der Waals surface area contributed by atoms with Crippen molar-refractivity contribution in [1.29, 1.82) is 0 Å². The molecule has 1 aromatic carbocycles. The predicted molar refractivity (Wildman–Crippen MR) is 86.8 cm³/mol. The summed E-state index contributed by atoms with van der Waals surface area (Å²) in [7, 11) is 1.70. The standard InChI is InChI=1S/C18H21FN2O2/c1-12-15(9-13-5-6-14(19)10-16(13)20-12)17(22)21(2)11-18(23)7-3-4-8-18/h5-6,9-10,23H,3-4,7-8,11H2,1-2H3. The molecule has 1 fully saturated rings. The number of hydrogen-bond donors (Lipinski definition) is 1. The van der Waals surface area contributed by atoms with Crippen molar-refractivity contribution >= 4 is 16.8 Å². The number of rotatable bonds is 3. The van der Waals surface area contributed by atoms with E-state index < -0.39 is 5.60 Å². The van der Waals surface area contributed by atoms with Crippen molar-refractivity contribution in [3.05, 3.63) is 41.3 Å². The van der Waals surface area contributed by atoms with Gasteiger partial charge >= 0.3 is 0 Å². The van der Waals surface area contributed by atoms with Crippen molar-refractivity contribution in [2.45, 2.75) is 38.2 Å². The number of halogens is 1. The minimum absolute atomic E-state index is 0.165. The van der Waals surface area contributed by atoms with Crippen molar-refractivity contribution in [1.82, 2.24) is 9.88 Å². The van der Waals surface area contributed by atoms with Gasteiger partial charge in [-0.3, -0.25) is 9.78 Å². The van der Waals surface area contributed by atoms with E-state index in [2.05, 4.69) is 4.98 Å². The Morgan fingerprint density at radius 1 is 1.35 bits per heavy atom. The highest BCUT2D eigenvalue weighted by molar-refractivity contribution is 5.98. The number of fused-ring (bicyclic) bond motifs is 1. The normalized spacial score (nSPS) is 16.7. The van der Waals surface area contributed by atoms with Crippen LogP contribution in [0.2, 0.25) is 0 Å². The minimum atomic E-state index is -0.772. The van der Waals surface area contributed by atoms with Gasteiger partial charge < -0.3 is 10.0 Å². The zero-order chi connectivity index (χ0) is 16.6. The lowest BCUT2D eigenvalue weighted by Gasteiger charge is -2.29. The number of aliphatic hydroxyl groups is 1. The number of pyridine rings is 1. The zero-order valence-electron chi connectivity index (χ0n) is 13.5. The van der Waals surface area contributed by atoms with Crippen LogP contribution in [0.3, 0.4) is 0 Å². The molecule has 0 unspecified atom stereocenters. The third-order valence-corrected chi connectivity index (χ3v) is 4.61. The maximum absolute atomic E-state index is 13.3. The van der Waals surface area contributed by atoms with Crippen molar-refractivity contribution in [3.8, 4) is 0 Å². The smallest absolute Gasteiger partial charge is 0.255 e. The summed E-state index contributed by atoms with van der Waals surface area (Å²) in [4.78, 5) is 18.6. The van der Waals surface area contributed by atoms with Crippen LogP contribution < -0.4 is 0 Å². The van der Waals surface area contributed by atoms with E-state index >= 15 is 0 Å². The second-order valence-corrected chi connectivity index (χ2v) is 6.55. The number of hydrogen-bond acceptors (Lipinski definition) is 3. The highest BCUT2D eigenvalue weighted by atomic mass is 19.1. The molecule has 3 rings (SSSR count). The molecule has 5 heteroatoms. The van der Waals surface area contributed by atoms with Crippen LogP contribution in [0.5, 0.6) is 0 Å². The monoisotopic (exact) mass is 316 g/mol. The van der Waals surface area contributed by atoms with Crippen LogP contribution in [0.15, 0.2) is 24.3 Å².